The molecule has 0 unspecified atom stereocenters. The van der Waals surface area contributed by atoms with Crippen molar-refractivity contribution in [3.8, 4) is 0 Å². The molecule has 84 valence electrons. The highest BCUT2D eigenvalue weighted by molar-refractivity contribution is 5.45. The standard InChI is InChI=1S/C13H23N2/c1-14(2)13-8-6-12(7-9-13)10-11-15(3,4)5/h6-9H,10-11H2,1-5H3/q+1. The second-order valence-electron chi connectivity index (χ2n) is 5.32. The van der Waals surface area contributed by atoms with Gasteiger partial charge in [-0.25, -0.2) is 0 Å². The van der Waals surface area contributed by atoms with Crippen LogP contribution in [0.5, 0.6) is 0 Å². The van der Waals surface area contributed by atoms with Crippen molar-refractivity contribution in [3.05, 3.63) is 29.8 Å². The van der Waals surface area contributed by atoms with Crippen molar-refractivity contribution in [1.29, 1.82) is 0 Å². The zero-order valence-electron chi connectivity index (χ0n) is 10.6. The quantitative estimate of drug-likeness (QED) is 0.683. The lowest BCUT2D eigenvalue weighted by atomic mass is 10.1. The number of nitrogens with zero attached hydrogens (tertiary/aromatic N) is 2. The Balaban J connectivity index is 2.57. The Labute approximate surface area is 93.7 Å². The third-order valence-corrected chi connectivity index (χ3v) is 2.52. The number of hydrogen-bond acceptors (Lipinski definition) is 1. The molecule has 0 bridgehead atoms. The van der Waals surface area contributed by atoms with Gasteiger partial charge in [-0.05, 0) is 17.7 Å². The van der Waals surface area contributed by atoms with Crippen molar-refractivity contribution in [3.63, 3.8) is 0 Å². The SMILES string of the molecule is CN(C)c1ccc(CC[N+](C)(C)C)cc1. The summed E-state index contributed by atoms with van der Waals surface area (Å²) >= 11 is 0. The molecular formula is C13H23N2+. The lowest BCUT2D eigenvalue weighted by molar-refractivity contribution is -0.870. The van der Waals surface area contributed by atoms with Gasteiger partial charge in [0.05, 0.1) is 27.7 Å². The van der Waals surface area contributed by atoms with E-state index in [9.17, 15) is 0 Å². The highest BCUT2D eigenvalue weighted by Gasteiger charge is 2.06. The van der Waals surface area contributed by atoms with Gasteiger partial charge in [0.1, 0.15) is 0 Å². The molecule has 0 saturated carbocycles. The molecule has 0 saturated heterocycles. The summed E-state index contributed by atoms with van der Waals surface area (Å²) in [5.74, 6) is 0. The summed E-state index contributed by atoms with van der Waals surface area (Å²) in [5, 5.41) is 0. The molecule has 1 aromatic carbocycles. The van der Waals surface area contributed by atoms with E-state index in [4.69, 9.17) is 0 Å². The number of likely N-dealkylation sites (N-methyl/N-ethyl adjacent to an activating group) is 1. The Morgan fingerprint density at radius 1 is 1.00 bits per heavy atom. The van der Waals surface area contributed by atoms with Crippen molar-refractivity contribution >= 4 is 5.69 Å². The van der Waals surface area contributed by atoms with Crippen LogP contribution in [-0.2, 0) is 6.42 Å². The molecule has 0 spiro atoms. The normalized spacial score (nSPS) is 11.5. The third kappa shape index (κ3) is 4.34. The maximum atomic E-state index is 2.23. The molecule has 15 heavy (non-hydrogen) atoms. The van der Waals surface area contributed by atoms with Crippen LogP contribution in [0.3, 0.4) is 0 Å². The molecule has 2 heteroatoms. The highest BCUT2D eigenvalue weighted by atomic mass is 15.3. The lowest BCUT2D eigenvalue weighted by Gasteiger charge is -2.23. The maximum Gasteiger partial charge on any atom is 0.0821 e. The summed E-state index contributed by atoms with van der Waals surface area (Å²) in [6, 6.07) is 8.83. The average Bonchev–Trinajstić information content (AvgIpc) is 2.14. The largest absolute Gasteiger partial charge is 0.378 e. The number of anilines is 1. The van der Waals surface area contributed by atoms with Gasteiger partial charge in [0, 0.05) is 26.2 Å². The molecule has 0 amide bonds. The zero-order valence-corrected chi connectivity index (χ0v) is 10.6. The van der Waals surface area contributed by atoms with Crippen molar-refractivity contribution < 1.29 is 4.48 Å². The van der Waals surface area contributed by atoms with Gasteiger partial charge in [0.15, 0.2) is 0 Å². The zero-order chi connectivity index (χ0) is 11.5. The van der Waals surface area contributed by atoms with Gasteiger partial charge in [-0.1, -0.05) is 12.1 Å². The fourth-order valence-corrected chi connectivity index (χ4v) is 1.43. The van der Waals surface area contributed by atoms with Crippen LogP contribution < -0.4 is 4.90 Å². The van der Waals surface area contributed by atoms with Gasteiger partial charge in [0.25, 0.3) is 0 Å². The van der Waals surface area contributed by atoms with E-state index in [0.29, 0.717) is 0 Å². The summed E-state index contributed by atoms with van der Waals surface area (Å²) in [4.78, 5) is 2.13. The first kappa shape index (κ1) is 12.1. The number of rotatable bonds is 4. The molecule has 0 aliphatic heterocycles. The van der Waals surface area contributed by atoms with Gasteiger partial charge in [-0.15, -0.1) is 0 Å². The average molecular weight is 207 g/mol. The molecule has 0 atom stereocenters. The molecule has 1 rings (SSSR count). The smallest absolute Gasteiger partial charge is 0.0821 e. The lowest BCUT2D eigenvalue weighted by Crippen LogP contribution is -2.36. The number of benzene rings is 1. The Kier molecular flexibility index (Phi) is 3.75. The van der Waals surface area contributed by atoms with Crippen LogP contribution in [0.4, 0.5) is 5.69 Å². The summed E-state index contributed by atoms with van der Waals surface area (Å²) in [6.45, 7) is 1.18. The second kappa shape index (κ2) is 4.67. The number of quaternary nitrogens is 1. The molecule has 0 fully saturated rings. The molecular weight excluding hydrogens is 184 g/mol. The Morgan fingerprint density at radius 3 is 1.93 bits per heavy atom. The van der Waals surface area contributed by atoms with Gasteiger partial charge < -0.3 is 9.38 Å². The molecule has 0 radical (unpaired) electrons. The molecule has 0 aromatic heterocycles. The Morgan fingerprint density at radius 2 is 1.53 bits per heavy atom. The predicted octanol–water partition coefficient (Wildman–Crippen LogP) is 2.00. The van der Waals surface area contributed by atoms with Crippen LogP contribution in [0, 0.1) is 0 Å². The van der Waals surface area contributed by atoms with E-state index in [-0.39, 0.29) is 0 Å². The van der Waals surface area contributed by atoms with Crippen LogP contribution in [0.25, 0.3) is 0 Å². The van der Waals surface area contributed by atoms with Crippen LogP contribution >= 0.6 is 0 Å². The van der Waals surface area contributed by atoms with Crippen molar-refractivity contribution in [2.45, 2.75) is 6.42 Å². The Hall–Kier alpha value is -1.02. The molecule has 0 N–H and O–H groups in total. The second-order valence-corrected chi connectivity index (χ2v) is 5.32. The van der Waals surface area contributed by atoms with E-state index in [1.54, 1.807) is 0 Å². The molecule has 0 aliphatic carbocycles. The van der Waals surface area contributed by atoms with Crippen LogP contribution in [-0.4, -0.2) is 46.3 Å². The number of hydrogen-bond donors (Lipinski definition) is 0. The summed E-state index contributed by atoms with van der Waals surface area (Å²) in [7, 11) is 10.8. The van der Waals surface area contributed by atoms with E-state index in [1.165, 1.54) is 17.8 Å². The van der Waals surface area contributed by atoms with E-state index >= 15 is 0 Å². The minimum absolute atomic E-state index is 1.02. The summed E-state index contributed by atoms with van der Waals surface area (Å²) in [6.07, 6.45) is 1.15. The van der Waals surface area contributed by atoms with Gasteiger partial charge >= 0.3 is 0 Å². The first-order valence-corrected chi connectivity index (χ1v) is 5.45. The van der Waals surface area contributed by atoms with E-state index in [1.807, 2.05) is 0 Å². The first-order valence-electron chi connectivity index (χ1n) is 5.45. The molecule has 2 nitrogen and oxygen atoms in total. The van der Waals surface area contributed by atoms with Crippen molar-refractivity contribution in [1.82, 2.24) is 0 Å². The fraction of sp³-hybridized carbons (Fsp3) is 0.538. The fourth-order valence-electron chi connectivity index (χ4n) is 1.43. The van der Waals surface area contributed by atoms with E-state index in [0.717, 1.165) is 10.9 Å². The summed E-state index contributed by atoms with van der Waals surface area (Å²) in [5.41, 5.74) is 2.69. The van der Waals surface area contributed by atoms with Gasteiger partial charge in [-0.3, -0.25) is 0 Å². The Bertz CT molecular complexity index is 293. The minimum atomic E-state index is 1.02. The van der Waals surface area contributed by atoms with Crippen LogP contribution in [0.15, 0.2) is 24.3 Å². The van der Waals surface area contributed by atoms with Crippen LogP contribution in [0.2, 0.25) is 0 Å². The van der Waals surface area contributed by atoms with Gasteiger partial charge in [-0.2, -0.15) is 0 Å². The first-order chi connectivity index (χ1) is 6.88. The third-order valence-electron chi connectivity index (χ3n) is 2.52. The predicted molar refractivity (Wildman–Crippen MR) is 67.4 cm³/mol. The van der Waals surface area contributed by atoms with E-state index in [2.05, 4.69) is 64.4 Å². The minimum Gasteiger partial charge on any atom is -0.378 e. The van der Waals surface area contributed by atoms with Gasteiger partial charge in [0.2, 0.25) is 0 Å². The maximum absolute atomic E-state index is 2.23. The van der Waals surface area contributed by atoms with Crippen LogP contribution in [0.1, 0.15) is 5.56 Å². The van der Waals surface area contributed by atoms with Crippen molar-refractivity contribution in [2.75, 3.05) is 46.7 Å². The molecule has 0 aliphatic rings. The van der Waals surface area contributed by atoms with E-state index < -0.39 is 0 Å². The van der Waals surface area contributed by atoms with Crippen molar-refractivity contribution in [2.24, 2.45) is 0 Å². The molecule has 1 aromatic rings. The molecule has 0 heterocycles. The highest BCUT2D eigenvalue weighted by Crippen LogP contribution is 2.13. The summed E-state index contributed by atoms with van der Waals surface area (Å²) < 4.78 is 1.02. The monoisotopic (exact) mass is 207 g/mol. The topological polar surface area (TPSA) is 3.24 Å².